The molecule has 0 atom stereocenters. The molecule has 0 saturated heterocycles. The molecule has 29 heavy (non-hydrogen) atoms. The van der Waals surface area contributed by atoms with E-state index < -0.39 is 32.1 Å². The van der Waals surface area contributed by atoms with Crippen LogP contribution in [0.15, 0.2) is 35.2 Å². The van der Waals surface area contributed by atoms with Crippen molar-refractivity contribution in [2.75, 3.05) is 4.72 Å². The predicted octanol–water partition coefficient (Wildman–Crippen LogP) is 5.90. The van der Waals surface area contributed by atoms with Gasteiger partial charge in [0.05, 0.1) is 15.5 Å². The molecule has 6 nitrogen and oxygen atoms in total. The van der Waals surface area contributed by atoms with Crippen LogP contribution in [0.25, 0.3) is 0 Å². The number of benzene rings is 2. The van der Waals surface area contributed by atoms with Crippen LogP contribution in [-0.2, 0) is 10.0 Å². The number of rotatable bonds is 7. The van der Waals surface area contributed by atoms with E-state index in [1.807, 2.05) is 53.7 Å². The van der Waals surface area contributed by atoms with Gasteiger partial charge in [-0.05, 0) is 40.5 Å². The Labute approximate surface area is 171 Å². The van der Waals surface area contributed by atoms with Crippen LogP contribution in [0.2, 0.25) is 0 Å². The number of hydrogen-bond donors (Lipinski definition) is 1. The largest absolute Gasteiger partial charge is 0.276 e. The number of sulfonamides is 1. The first-order valence-electron chi connectivity index (χ1n) is 9.49. The average molecular weight is 423 g/mol. The van der Waals surface area contributed by atoms with Crippen LogP contribution in [0.5, 0.6) is 0 Å². The average Bonchev–Trinajstić information content (AvgIpc) is 2.61. The molecule has 0 bridgehead atoms. The second-order valence-electron chi connectivity index (χ2n) is 8.02. The summed E-state index contributed by atoms with van der Waals surface area (Å²) in [5, 5.41) is 11.0. The van der Waals surface area contributed by atoms with Crippen molar-refractivity contribution < 1.29 is 17.7 Å². The minimum atomic E-state index is -4.18. The van der Waals surface area contributed by atoms with Crippen molar-refractivity contribution in [2.45, 2.75) is 64.2 Å². The Morgan fingerprint density at radius 1 is 0.931 bits per heavy atom. The van der Waals surface area contributed by atoms with Crippen molar-refractivity contribution >= 4 is 21.4 Å². The summed E-state index contributed by atoms with van der Waals surface area (Å²) in [6.07, 6.45) is 0. The lowest BCUT2D eigenvalue weighted by Gasteiger charge is -2.23. The van der Waals surface area contributed by atoms with Gasteiger partial charge < -0.3 is 0 Å². The number of halogens is 1. The molecule has 8 heteroatoms. The molecule has 1 N–H and O–H groups in total. The molecule has 0 fully saturated rings. The summed E-state index contributed by atoms with van der Waals surface area (Å²) in [6.45, 7) is 11.7. The molecule has 0 aliphatic rings. The highest BCUT2D eigenvalue weighted by Crippen LogP contribution is 2.36. The second-order valence-corrected chi connectivity index (χ2v) is 9.64. The van der Waals surface area contributed by atoms with E-state index in [1.54, 1.807) is 0 Å². The van der Waals surface area contributed by atoms with E-state index in [0.29, 0.717) is 11.1 Å². The normalized spacial score (nSPS) is 12.1. The first-order valence-corrected chi connectivity index (χ1v) is 11.0. The molecule has 0 saturated carbocycles. The van der Waals surface area contributed by atoms with Crippen LogP contribution in [0, 0.1) is 15.9 Å². The van der Waals surface area contributed by atoms with E-state index in [9.17, 15) is 22.9 Å². The van der Waals surface area contributed by atoms with Gasteiger partial charge in [-0.2, -0.15) is 0 Å². The zero-order valence-corrected chi connectivity index (χ0v) is 18.3. The Bertz CT molecular complexity index is 1000. The summed E-state index contributed by atoms with van der Waals surface area (Å²) in [7, 11) is -4.18. The van der Waals surface area contributed by atoms with Crippen molar-refractivity contribution in [2.24, 2.45) is 0 Å². The van der Waals surface area contributed by atoms with Crippen LogP contribution in [-0.4, -0.2) is 13.3 Å². The maximum Gasteiger partial charge on any atom is 0.271 e. The van der Waals surface area contributed by atoms with Gasteiger partial charge in [-0.3, -0.25) is 14.8 Å². The van der Waals surface area contributed by atoms with Crippen LogP contribution >= 0.6 is 0 Å². The maximum atomic E-state index is 14.2. The molecule has 0 amide bonds. The molecule has 2 aromatic rings. The SMILES string of the molecule is CC(C)c1cc(C(C)C)c(S(=O)(=O)Nc2cc([N+](=O)[O-])ccc2F)c(C(C)C)c1. The highest BCUT2D eigenvalue weighted by atomic mass is 32.2. The number of anilines is 1. The molecule has 0 heterocycles. The fourth-order valence-corrected chi connectivity index (χ4v) is 4.86. The van der Waals surface area contributed by atoms with Crippen LogP contribution in [0.4, 0.5) is 15.8 Å². The number of nitrogens with one attached hydrogen (secondary N) is 1. The van der Waals surface area contributed by atoms with Gasteiger partial charge in [0, 0.05) is 12.1 Å². The number of nitro benzene ring substituents is 1. The van der Waals surface area contributed by atoms with Gasteiger partial charge in [0.1, 0.15) is 5.82 Å². The van der Waals surface area contributed by atoms with Crippen LogP contribution in [0.3, 0.4) is 0 Å². The Morgan fingerprint density at radius 3 is 1.86 bits per heavy atom. The van der Waals surface area contributed by atoms with Gasteiger partial charge in [0.15, 0.2) is 0 Å². The highest BCUT2D eigenvalue weighted by molar-refractivity contribution is 7.92. The minimum Gasteiger partial charge on any atom is -0.276 e. The van der Waals surface area contributed by atoms with Crippen molar-refractivity contribution in [3.05, 3.63) is 63.0 Å². The van der Waals surface area contributed by atoms with Gasteiger partial charge in [0.2, 0.25) is 0 Å². The molecular formula is C21H27FN2O4S. The van der Waals surface area contributed by atoms with Gasteiger partial charge >= 0.3 is 0 Å². The summed E-state index contributed by atoms with van der Waals surface area (Å²) < 4.78 is 43.1. The highest BCUT2D eigenvalue weighted by Gasteiger charge is 2.28. The van der Waals surface area contributed by atoms with E-state index in [1.165, 1.54) is 0 Å². The molecule has 0 aromatic heterocycles. The Morgan fingerprint density at radius 2 is 1.45 bits per heavy atom. The molecule has 2 aromatic carbocycles. The second kappa shape index (κ2) is 8.49. The van der Waals surface area contributed by atoms with Gasteiger partial charge in [0.25, 0.3) is 15.7 Å². The monoisotopic (exact) mass is 422 g/mol. The van der Waals surface area contributed by atoms with Crippen LogP contribution < -0.4 is 4.72 Å². The fourth-order valence-electron chi connectivity index (χ4n) is 3.10. The van der Waals surface area contributed by atoms with Crippen LogP contribution in [0.1, 0.15) is 76.0 Å². The number of nitro groups is 1. The quantitative estimate of drug-likeness (QED) is 0.444. The summed E-state index contributed by atoms with van der Waals surface area (Å²) in [5.41, 5.74) is 1.46. The van der Waals surface area contributed by atoms with Crippen molar-refractivity contribution in [1.29, 1.82) is 0 Å². The minimum absolute atomic E-state index is 0.0901. The zero-order chi connectivity index (χ0) is 22.1. The third-order valence-electron chi connectivity index (χ3n) is 4.75. The predicted molar refractivity (Wildman–Crippen MR) is 113 cm³/mol. The van der Waals surface area contributed by atoms with Gasteiger partial charge in [-0.15, -0.1) is 0 Å². The number of hydrogen-bond acceptors (Lipinski definition) is 4. The third kappa shape index (κ3) is 4.93. The summed E-state index contributed by atoms with van der Waals surface area (Å²) >= 11 is 0. The van der Waals surface area contributed by atoms with E-state index in [-0.39, 0.29) is 22.6 Å². The molecular weight excluding hydrogens is 395 g/mol. The lowest BCUT2D eigenvalue weighted by Crippen LogP contribution is -2.20. The first-order chi connectivity index (χ1) is 13.3. The smallest absolute Gasteiger partial charge is 0.271 e. The lowest BCUT2D eigenvalue weighted by molar-refractivity contribution is -0.384. The van der Waals surface area contributed by atoms with E-state index >= 15 is 0 Å². The molecule has 0 aliphatic heterocycles. The zero-order valence-electron chi connectivity index (χ0n) is 17.5. The van der Waals surface area contributed by atoms with Gasteiger partial charge in [-0.1, -0.05) is 53.7 Å². The number of non-ortho nitro benzene ring substituents is 1. The number of nitrogens with zero attached hydrogens (tertiary/aromatic N) is 1. The molecule has 158 valence electrons. The summed E-state index contributed by atoms with van der Waals surface area (Å²) in [5.74, 6) is -0.848. The molecule has 0 aliphatic carbocycles. The van der Waals surface area contributed by atoms with E-state index in [0.717, 1.165) is 23.8 Å². The van der Waals surface area contributed by atoms with Crippen molar-refractivity contribution in [1.82, 2.24) is 0 Å². The lowest BCUT2D eigenvalue weighted by atomic mass is 9.89. The van der Waals surface area contributed by atoms with Crippen molar-refractivity contribution in [3.8, 4) is 0 Å². The Kier molecular flexibility index (Phi) is 6.67. The van der Waals surface area contributed by atoms with E-state index in [2.05, 4.69) is 4.72 Å². The molecule has 2 rings (SSSR count). The summed E-state index contributed by atoms with van der Waals surface area (Å²) in [6, 6.07) is 6.51. The molecule has 0 unspecified atom stereocenters. The fraction of sp³-hybridized carbons (Fsp3) is 0.429. The standard InChI is InChI=1S/C21H27FN2O4S/c1-12(2)15-9-17(13(3)4)21(18(10-15)14(5)6)29(27,28)23-20-11-16(24(25)26)7-8-19(20)22/h7-14,23H,1-6H3. The van der Waals surface area contributed by atoms with Crippen molar-refractivity contribution in [3.63, 3.8) is 0 Å². The van der Waals surface area contributed by atoms with Gasteiger partial charge in [-0.25, -0.2) is 12.8 Å². The molecule has 0 radical (unpaired) electrons. The Hall–Kier alpha value is -2.48. The molecule has 0 spiro atoms. The topological polar surface area (TPSA) is 89.3 Å². The Balaban J connectivity index is 2.72. The maximum absolute atomic E-state index is 14.2. The summed E-state index contributed by atoms with van der Waals surface area (Å²) in [4.78, 5) is 10.4. The van der Waals surface area contributed by atoms with E-state index in [4.69, 9.17) is 0 Å². The first kappa shape index (κ1) is 22.8. The third-order valence-corrected chi connectivity index (χ3v) is 6.25.